The average molecular weight is 362 g/mol. The van der Waals surface area contributed by atoms with Gasteiger partial charge in [-0.05, 0) is 75.7 Å². The van der Waals surface area contributed by atoms with Gasteiger partial charge in [0.2, 0.25) is 0 Å². The van der Waals surface area contributed by atoms with Crippen molar-refractivity contribution < 1.29 is 4.79 Å². The highest BCUT2D eigenvalue weighted by Gasteiger charge is 2.20. The Hall–Kier alpha value is -0.550. The number of benzene rings is 1. The molecule has 0 unspecified atom stereocenters. The summed E-state index contributed by atoms with van der Waals surface area (Å²) in [4.78, 5) is 11.7. The lowest BCUT2D eigenvalue weighted by Gasteiger charge is -2.26. The molecule has 1 aromatic rings. The predicted octanol–water partition coefficient (Wildman–Crippen LogP) is 4.19. The van der Waals surface area contributed by atoms with E-state index in [0.717, 1.165) is 33.0 Å². The summed E-state index contributed by atoms with van der Waals surface area (Å²) in [5, 5.41) is 5.80. The van der Waals surface area contributed by atoms with E-state index in [0.29, 0.717) is 6.04 Å². The molecule has 1 aromatic carbocycles. The van der Waals surface area contributed by atoms with Gasteiger partial charge in [-0.2, -0.15) is 0 Å². The molecule has 0 aromatic heterocycles. The Morgan fingerprint density at radius 3 is 2.35 bits per heavy atom. The molecule has 0 bridgehead atoms. The third kappa shape index (κ3) is 3.22. The van der Waals surface area contributed by atoms with Gasteiger partial charge < -0.3 is 10.6 Å². The second-order valence-corrected chi connectivity index (χ2v) is 6.04. The Labute approximate surface area is 118 Å². The number of carbonyl (C=O) groups is 1. The van der Waals surface area contributed by atoms with Crippen molar-refractivity contribution in [3.8, 4) is 0 Å². The first-order valence-electron chi connectivity index (χ1n) is 5.59. The van der Waals surface area contributed by atoms with Crippen LogP contribution in [0.15, 0.2) is 21.1 Å². The van der Waals surface area contributed by atoms with E-state index in [4.69, 9.17) is 0 Å². The van der Waals surface area contributed by atoms with Crippen LogP contribution in [0.2, 0.25) is 0 Å². The third-order valence-electron chi connectivity index (χ3n) is 2.87. The maximum atomic E-state index is 11.7. The lowest BCUT2D eigenvalue weighted by atomic mass is 9.93. The summed E-state index contributed by atoms with van der Waals surface area (Å²) in [5.74, 6) is 0. The highest BCUT2D eigenvalue weighted by molar-refractivity contribution is 9.11. The molecule has 0 heterocycles. The molecule has 17 heavy (non-hydrogen) atoms. The molecule has 2 rings (SSSR count). The smallest absolute Gasteiger partial charge is 0.319 e. The largest absolute Gasteiger partial charge is 0.335 e. The number of carbonyl (C=O) groups excluding carboxylic acids is 1. The van der Waals surface area contributed by atoms with E-state index in [1.54, 1.807) is 0 Å². The van der Waals surface area contributed by atoms with Crippen LogP contribution in [0.4, 0.5) is 10.5 Å². The molecule has 1 aliphatic carbocycles. The van der Waals surface area contributed by atoms with Crippen molar-refractivity contribution in [3.63, 3.8) is 0 Å². The quantitative estimate of drug-likeness (QED) is 0.814. The molecule has 5 heteroatoms. The zero-order valence-corrected chi connectivity index (χ0v) is 12.7. The van der Waals surface area contributed by atoms with E-state index >= 15 is 0 Å². The first-order valence-corrected chi connectivity index (χ1v) is 7.18. The number of rotatable bonds is 2. The van der Waals surface area contributed by atoms with E-state index in [1.165, 1.54) is 6.42 Å². The fourth-order valence-corrected chi connectivity index (χ4v) is 3.32. The van der Waals surface area contributed by atoms with Crippen LogP contribution in [0, 0.1) is 6.92 Å². The molecule has 92 valence electrons. The van der Waals surface area contributed by atoms with Gasteiger partial charge in [0.05, 0.1) is 5.69 Å². The maximum absolute atomic E-state index is 11.7. The summed E-state index contributed by atoms with van der Waals surface area (Å²) >= 11 is 6.90. The standard InChI is InChI=1S/C12H14Br2N2O/c1-7-5-9(13)11(10(14)6-7)16-12(17)15-8-3-2-4-8/h5-6,8H,2-4H2,1H3,(H2,15,16,17). The van der Waals surface area contributed by atoms with Crippen LogP contribution in [-0.4, -0.2) is 12.1 Å². The van der Waals surface area contributed by atoms with Gasteiger partial charge in [-0.1, -0.05) is 0 Å². The molecule has 3 nitrogen and oxygen atoms in total. The van der Waals surface area contributed by atoms with E-state index in [-0.39, 0.29) is 6.03 Å². The normalized spacial score (nSPS) is 15.2. The van der Waals surface area contributed by atoms with Crippen LogP contribution in [0.5, 0.6) is 0 Å². The number of nitrogens with one attached hydrogen (secondary N) is 2. The summed E-state index contributed by atoms with van der Waals surface area (Å²) in [6, 6.07) is 4.16. The summed E-state index contributed by atoms with van der Waals surface area (Å²) in [7, 11) is 0. The van der Waals surface area contributed by atoms with E-state index < -0.39 is 0 Å². The van der Waals surface area contributed by atoms with Crippen molar-refractivity contribution in [1.82, 2.24) is 5.32 Å². The van der Waals surface area contributed by atoms with Gasteiger partial charge in [0.15, 0.2) is 0 Å². The summed E-state index contributed by atoms with van der Waals surface area (Å²) < 4.78 is 1.77. The molecule has 0 spiro atoms. The fraction of sp³-hybridized carbons (Fsp3) is 0.417. The first-order chi connectivity index (χ1) is 8.06. The van der Waals surface area contributed by atoms with Gasteiger partial charge in [0.1, 0.15) is 0 Å². The minimum atomic E-state index is -0.139. The Bertz CT molecular complexity index is 421. The highest BCUT2D eigenvalue weighted by atomic mass is 79.9. The fourth-order valence-electron chi connectivity index (χ4n) is 1.71. The molecule has 0 radical (unpaired) electrons. The van der Waals surface area contributed by atoms with Gasteiger partial charge in [0.25, 0.3) is 0 Å². The molecule has 1 fully saturated rings. The summed E-state index contributed by atoms with van der Waals surface area (Å²) in [6.45, 7) is 2.01. The third-order valence-corrected chi connectivity index (χ3v) is 4.12. The lowest BCUT2D eigenvalue weighted by molar-refractivity contribution is 0.240. The van der Waals surface area contributed by atoms with Crippen molar-refractivity contribution in [2.45, 2.75) is 32.2 Å². The van der Waals surface area contributed by atoms with Crippen LogP contribution < -0.4 is 10.6 Å². The zero-order valence-electron chi connectivity index (χ0n) is 9.52. The van der Waals surface area contributed by atoms with Crippen molar-refractivity contribution in [3.05, 3.63) is 26.6 Å². The van der Waals surface area contributed by atoms with Gasteiger partial charge in [0, 0.05) is 15.0 Å². The minimum Gasteiger partial charge on any atom is -0.335 e. The van der Waals surface area contributed by atoms with Crippen LogP contribution >= 0.6 is 31.9 Å². The first kappa shape index (κ1) is 12.9. The number of halogens is 2. The topological polar surface area (TPSA) is 41.1 Å². The summed E-state index contributed by atoms with van der Waals surface area (Å²) in [5.41, 5.74) is 1.90. The molecule has 1 saturated carbocycles. The van der Waals surface area contributed by atoms with E-state index in [2.05, 4.69) is 42.5 Å². The Balaban J connectivity index is 2.04. The Kier molecular flexibility index (Phi) is 4.09. The van der Waals surface area contributed by atoms with Crippen LogP contribution in [0.3, 0.4) is 0 Å². The minimum absolute atomic E-state index is 0.139. The molecule has 1 aliphatic rings. The average Bonchev–Trinajstić information content (AvgIpc) is 2.17. The molecule has 0 aliphatic heterocycles. The number of hydrogen-bond donors (Lipinski definition) is 2. The van der Waals surface area contributed by atoms with E-state index in [9.17, 15) is 4.79 Å². The number of aryl methyl sites for hydroxylation is 1. The van der Waals surface area contributed by atoms with Gasteiger partial charge in [-0.3, -0.25) is 0 Å². The molecular weight excluding hydrogens is 348 g/mol. The van der Waals surface area contributed by atoms with Gasteiger partial charge >= 0.3 is 6.03 Å². The second-order valence-electron chi connectivity index (χ2n) is 4.33. The molecule has 2 amide bonds. The SMILES string of the molecule is Cc1cc(Br)c(NC(=O)NC2CCC2)c(Br)c1. The van der Waals surface area contributed by atoms with E-state index in [1.807, 2.05) is 19.1 Å². The van der Waals surface area contributed by atoms with Crippen molar-refractivity contribution in [2.24, 2.45) is 0 Å². The second kappa shape index (κ2) is 5.40. The Morgan fingerprint density at radius 2 is 1.88 bits per heavy atom. The monoisotopic (exact) mass is 360 g/mol. The van der Waals surface area contributed by atoms with Gasteiger partial charge in [-0.25, -0.2) is 4.79 Å². The lowest BCUT2D eigenvalue weighted by Crippen LogP contribution is -2.41. The van der Waals surface area contributed by atoms with Gasteiger partial charge in [-0.15, -0.1) is 0 Å². The number of urea groups is 1. The predicted molar refractivity (Wildman–Crippen MR) is 76.4 cm³/mol. The number of amides is 2. The summed E-state index contributed by atoms with van der Waals surface area (Å²) in [6.07, 6.45) is 3.39. The molecular formula is C12H14Br2N2O. The molecule has 2 N–H and O–H groups in total. The van der Waals surface area contributed by atoms with Crippen LogP contribution in [0.1, 0.15) is 24.8 Å². The number of anilines is 1. The highest BCUT2D eigenvalue weighted by Crippen LogP contribution is 2.32. The van der Waals surface area contributed by atoms with Crippen molar-refractivity contribution in [1.29, 1.82) is 0 Å². The number of hydrogen-bond acceptors (Lipinski definition) is 1. The zero-order chi connectivity index (χ0) is 12.4. The molecule has 0 atom stereocenters. The Morgan fingerprint density at radius 1 is 1.29 bits per heavy atom. The maximum Gasteiger partial charge on any atom is 0.319 e. The van der Waals surface area contributed by atoms with Crippen molar-refractivity contribution >= 4 is 43.6 Å². The van der Waals surface area contributed by atoms with Crippen LogP contribution in [0.25, 0.3) is 0 Å². The molecule has 0 saturated heterocycles. The van der Waals surface area contributed by atoms with Crippen LogP contribution in [-0.2, 0) is 0 Å². The van der Waals surface area contributed by atoms with Crippen molar-refractivity contribution in [2.75, 3.05) is 5.32 Å².